The fourth-order valence-corrected chi connectivity index (χ4v) is 3.88. The van der Waals surface area contributed by atoms with E-state index >= 15 is 0 Å². The van der Waals surface area contributed by atoms with Gasteiger partial charge in [-0.3, -0.25) is 0 Å². The van der Waals surface area contributed by atoms with Gasteiger partial charge in [-0.1, -0.05) is 19.4 Å². The van der Waals surface area contributed by atoms with Crippen LogP contribution in [0.2, 0.25) is 0 Å². The van der Waals surface area contributed by atoms with Crippen molar-refractivity contribution in [2.75, 3.05) is 0 Å². The Kier molecular flexibility index (Phi) is 7.30. The zero-order chi connectivity index (χ0) is 26.5. The average molecular weight is 524 g/mol. The van der Waals surface area contributed by atoms with Crippen LogP contribution in [0.5, 0.6) is 0 Å². The van der Waals surface area contributed by atoms with Crippen molar-refractivity contribution >= 4 is 0 Å². The number of benzene rings is 1. The summed E-state index contributed by atoms with van der Waals surface area (Å²) >= 11 is 0. The molecule has 1 aliphatic rings. The summed E-state index contributed by atoms with van der Waals surface area (Å²) in [5.41, 5.74) is -2.54. The molecule has 34 heavy (non-hydrogen) atoms. The summed E-state index contributed by atoms with van der Waals surface area (Å²) in [5.74, 6) is -40.2. The van der Waals surface area contributed by atoms with Gasteiger partial charge in [0.2, 0.25) is 0 Å². The highest BCUT2D eigenvalue weighted by Gasteiger charge is 2.91. The van der Waals surface area contributed by atoms with Crippen molar-refractivity contribution in [1.29, 1.82) is 0 Å². The average Bonchev–Trinajstić information content (AvgIpc) is 2.72. The van der Waals surface area contributed by atoms with E-state index in [-0.39, 0.29) is 11.6 Å². The first-order valence-corrected chi connectivity index (χ1v) is 9.92. The Morgan fingerprint density at radius 3 is 1.56 bits per heavy atom. The monoisotopic (exact) mass is 524 g/mol. The van der Waals surface area contributed by atoms with Crippen molar-refractivity contribution in [1.82, 2.24) is 0 Å². The van der Waals surface area contributed by atoms with Gasteiger partial charge in [-0.05, 0) is 55.2 Å². The maximum absolute atomic E-state index is 14.3. The summed E-state index contributed by atoms with van der Waals surface area (Å²) in [6.45, 7) is 1.92. The van der Waals surface area contributed by atoms with Gasteiger partial charge >= 0.3 is 35.8 Å². The molecule has 0 nitrogen and oxygen atoms in total. The first-order chi connectivity index (χ1) is 15.2. The summed E-state index contributed by atoms with van der Waals surface area (Å²) < 4.78 is 187. The topological polar surface area (TPSA) is 0 Å². The minimum Gasteiger partial charge on any atom is -0.206 e. The SMILES string of the molecule is CCC1CCC(c2ccc(C(F)(F)C(F)(F)C(F)(F)C(F)(F)C(F)(F)C(F)(F)F)c(F)c2)CC1. The van der Waals surface area contributed by atoms with Gasteiger partial charge in [0.05, 0.1) is 5.56 Å². The molecule has 0 N–H and O–H groups in total. The molecule has 0 spiro atoms. The molecule has 0 aromatic heterocycles. The molecule has 1 aliphatic carbocycles. The van der Waals surface area contributed by atoms with E-state index in [4.69, 9.17) is 0 Å². The molecule has 14 heteroatoms. The standard InChI is InChI=1S/C20H18F14/c1-2-10-3-5-11(6-4-10)12-7-8-13(14(21)9-12)15(22,23)16(24,25)17(26,27)18(28,29)19(30,31)20(32,33)34/h7-11H,2-6H2,1H3. The van der Waals surface area contributed by atoms with Gasteiger partial charge in [-0.25, -0.2) is 4.39 Å². The second-order valence-electron chi connectivity index (χ2n) is 8.23. The van der Waals surface area contributed by atoms with Gasteiger partial charge in [-0.15, -0.1) is 0 Å². The molecular formula is C20H18F14. The lowest BCUT2D eigenvalue weighted by Crippen LogP contribution is -2.69. The predicted octanol–water partition coefficient (Wildman–Crippen LogP) is 8.70. The maximum Gasteiger partial charge on any atom is 0.460 e. The Hall–Kier alpha value is -1.76. The minimum atomic E-state index is -8.01. The number of rotatable bonds is 7. The van der Waals surface area contributed by atoms with E-state index in [0.717, 1.165) is 6.42 Å². The van der Waals surface area contributed by atoms with E-state index in [1.165, 1.54) is 0 Å². The van der Waals surface area contributed by atoms with Gasteiger partial charge in [0.15, 0.2) is 0 Å². The molecule has 0 atom stereocenters. The van der Waals surface area contributed by atoms with E-state index in [1.54, 1.807) is 0 Å². The second-order valence-corrected chi connectivity index (χ2v) is 8.23. The highest BCUT2D eigenvalue weighted by atomic mass is 19.4. The Bertz CT molecular complexity index is 863. The van der Waals surface area contributed by atoms with Crippen LogP contribution in [0.15, 0.2) is 18.2 Å². The van der Waals surface area contributed by atoms with Crippen LogP contribution >= 0.6 is 0 Å². The van der Waals surface area contributed by atoms with Crippen LogP contribution in [0, 0.1) is 11.7 Å². The quantitative estimate of drug-likeness (QED) is 0.313. The van der Waals surface area contributed by atoms with Crippen molar-refractivity contribution in [3.05, 3.63) is 35.1 Å². The smallest absolute Gasteiger partial charge is 0.206 e. The molecule has 1 aromatic rings. The predicted molar refractivity (Wildman–Crippen MR) is 91.1 cm³/mol. The van der Waals surface area contributed by atoms with E-state index in [1.807, 2.05) is 6.92 Å². The van der Waals surface area contributed by atoms with E-state index in [9.17, 15) is 61.5 Å². The zero-order valence-electron chi connectivity index (χ0n) is 17.2. The lowest BCUT2D eigenvalue weighted by Gasteiger charge is -2.39. The molecule has 0 saturated heterocycles. The van der Waals surface area contributed by atoms with E-state index < -0.39 is 53.1 Å². The highest BCUT2D eigenvalue weighted by molar-refractivity contribution is 5.32. The third-order valence-corrected chi connectivity index (χ3v) is 6.16. The van der Waals surface area contributed by atoms with Crippen LogP contribution in [0.3, 0.4) is 0 Å². The van der Waals surface area contributed by atoms with E-state index in [2.05, 4.69) is 0 Å². The van der Waals surface area contributed by atoms with Gasteiger partial charge in [0, 0.05) is 0 Å². The van der Waals surface area contributed by atoms with Crippen LogP contribution in [0.4, 0.5) is 61.5 Å². The number of hydrogen-bond donors (Lipinski definition) is 0. The molecule has 0 aliphatic heterocycles. The Morgan fingerprint density at radius 2 is 1.15 bits per heavy atom. The van der Waals surface area contributed by atoms with Crippen molar-refractivity contribution in [3.8, 4) is 0 Å². The summed E-state index contributed by atoms with van der Waals surface area (Å²) in [4.78, 5) is 0. The molecule has 2 rings (SSSR count). The fraction of sp³-hybridized carbons (Fsp3) is 0.700. The molecule has 0 bridgehead atoms. The normalized spacial score (nSPS) is 21.6. The van der Waals surface area contributed by atoms with Crippen LogP contribution < -0.4 is 0 Å². The first-order valence-electron chi connectivity index (χ1n) is 9.92. The summed E-state index contributed by atoms with van der Waals surface area (Å²) in [5, 5.41) is 0. The van der Waals surface area contributed by atoms with E-state index in [0.29, 0.717) is 43.7 Å². The lowest BCUT2D eigenvalue weighted by molar-refractivity contribution is -0.441. The van der Waals surface area contributed by atoms with Crippen molar-refractivity contribution in [2.24, 2.45) is 5.92 Å². The number of halogens is 14. The molecule has 196 valence electrons. The van der Waals surface area contributed by atoms with Gasteiger partial charge in [-0.2, -0.15) is 57.1 Å². The lowest BCUT2D eigenvalue weighted by atomic mass is 9.77. The Balaban J connectivity index is 2.45. The maximum atomic E-state index is 14.3. The van der Waals surface area contributed by atoms with Crippen LogP contribution in [-0.4, -0.2) is 29.9 Å². The fourth-order valence-electron chi connectivity index (χ4n) is 3.88. The van der Waals surface area contributed by atoms with Crippen LogP contribution in [0.25, 0.3) is 0 Å². The van der Waals surface area contributed by atoms with Crippen LogP contribution in [0.1, 0.15) is 56.1 Å². The third kappa shape index (κ3) is 4.22. The molecule has 0 amide bonds. The Labute approximate surface area is 184 Å². The van der Waals surface area contributed by atoms with Crippen molar-refractivity contribution in [2.45, 2.75) is 80.7 Å². The molecule has 0 unspecified atom stereocenters. The largest absolute Gasteiger partial charge is 0.460 e. The molecule has 0 radical (unpaired) electrons. The number of hydrogen-bond acceptors (Lipinski definition) is 0. The first kappa shape index (κ1) is 28.5. The highest BCUT2D eigenvalue weighted by Crippen LogP contribution is 2.62. The van der Waals surface area contributed by atoms with Crippen LogP contribution in [-0.2, 0) is 5.92 Å². The van der Waals surface area contributed by atoms with Crippen molar-refractivity contribution < 1.29 is 61.5 Å². The molecule has 1 saturated carbocycles. The second kappa shape index (κ2) is 8.72. The summed E-state index contributed by atoms with van der Waals surface area (Å²) in [6, 6.07) is 0.872. The van der Waals surface area contributed by atoms with Gasteiger partial charge < -0.3 is 0 Å². The third-order valence-electron chi connectivity index (χ3n) is 6.16. The van der Waals surface area contributed by atoms with Gasteiger partial charge in [0.25, 0.3) is 0 Å². The van der Waals surface area contributed by atoms with Gasteiger partial charge in [0.1, 0.15) is 5.82 Å². The molecule has 1 aromatic carbocycles. The summed E-state index contributed by atoms with van der Waals surface area (Å²) in [7, 11) is 0. The van der Waals surface area contributed by atoms with Crippen molar-refractivity contribution in [3.63, 3.8) is 0 Å². The molecular weight excluding hydrogens is 506 g/mol. The Morgan fingerprint density at radius 1 is 0.676 bits per heavy atom. The molecule has 1 fully saturated rings. The summed E-state index contributed by atoms with van der Waals surface area (Å²) in [6.07, 6.45) is -4.38. The number of alkyl halides is 13. The molecule has 0 heterocycles. The minimum absolute atomic E-state index is 0.0237. The zero-order valence-corrected chi connectivity index (χ0v) is 17.2.